The molecule has 5 nitrogen and oxygen atoms in total. The monoisotopic (exact) mass is 472 g/mol. The van der Waals surface area contributed by atoms with Gasteiger partial charge < -0.3 is 15.2 Å². The Morgan fingerprint density at radius 3 is 2.55 bits per heavy atom. The molecule has 33 heavy (non-hydrogen) atoms. The number of hydrogen-bond acceptors (Lipinski definition) is 4. The fraction of sp³-hybridized carbons (Fsp3) is 0.360. The van der Waals surface area contributed by atoms with E-state index in [0.29, 0.717) is 18.8 Å². The van der Waals surface area contributed by atoms with Crippen molar-refractivity contribution in [3.8, 4) is 0 Å². The zero-order valence-electron chi connectivity index (χ0n) is 19.3. The predicted octanol–water partition coefficient (Wildman–Crippen LogP) is 5.08. The second-order valence-electron chi connectivity index (χ2n) is 8.24. The number of carbonyl (C=O) groups excluding carboxylic acids is 1. The highest BCUT2D eigenvalue weighted by molar-refractivity contribution is 7.07. The van der Waals surface area contributed by atoms with Gasteiger partial charge in [0.1, 0.15) is 5.69 Å². The molecule has 0 aliphatic rings. The quantitative estimate of drug-likeness (QED) is 0.442. The van der Waals surface area contributed by atoms with Crippen LogP contribution in [0.15, 0.2) is 46.8 Å². The van der Waals surface area contributed by atoms with Crippen LogP contribution in [0.5, 0.6) is 0 Å². The summed E-state index contributed by atoms with van der Waals surface area (Å²) in [4.78, 5) is 20.2. The Labute approximate surface area is 197 Å². The van der Waals surface area contributed by atoms with Crippen molar-refractivity contribution in [3.05, 3.63) is 80.6 Å². The molecule has 0 saturated heterocycles. The summed E-state index contributed by atoms with van der Waals surface area (Å²) in [7, 11) is 1.59. The van der Waals surface area contributed by atoms with Gasteiger partial charge in [-0.3, -0.25) is 4.79 Å². The molecule has 176 valence electrons. The molecular weight excluding hydrogens is 442 g/mol. The van der Waals surface area contributed by atoms with E-state index in [0.717, 1.165) is 46.9 Å². The van der Waals surface area contributed by atoms with E-state index in [9.17, 15) is 13.6 Å². The number of carbonyl (C=O) groups is 1. The van der Waals surface area contributed by atoms with Crippen LogP contribution < -0.4 is 10.5 Å². The van der Waals surface area contributed by atoms with Gasteiger partial charge in [-0.2, -0.15) is 0 Å². The van der Waals surface area contributed by atoms with Gasteiger partial charge in [-0.05, 0) is 62.6 Å². The van der Waals surface area contributed by atoms with Crippen molar-refractivity contribution in [2.45, 2.75) is 46.2 Å². The average Bonchev–Trinajstić information content (AvgIpc) is 3.15. The smallest absolute Gasteiger partial charge is 0.271 e. The maximum atomic E-state index is 14.1. The second kappa shape index (κ2) is 11.3. The summed E-state index contributed by atoms with van der Waals surface area (Å²) in [5, 5.41) is 1.78. The van der Waals surface area contributed by atoms with Gasteiger partial charge in [0, 0.05) is 31.1 Å². The first-order chi connectivity index (χ1) is 15.8. The Bertz CT molecular complexity index is 1170. The fourth-order valence-electron chi connectivity index (χ4n) is 3.72. The van der Waals surface area contributed by atoms with Gasteiger partial charge in [0.15, 0.2) is 16.4 Å². The van der Waals surface area contributed by atoms with Gasteiger partial charge in [-0.15, -0.1) is 11.3 Å². The third-order valence-corrected chi connectivity index (χ3v) is 6.18. The normalized spacial score (nSPS) is 11.8. The molecule has 0 aliphatic carbocycles. The lowest BCUT2D eigenvalue weighted by Gasteiger charge is -2.19. The topological polar surface area (TPSA) is 63.6 Å². The van der Waals surface area contributed by atoms with Crippen LogP contribution in [0.2, 0.25) is 0 Å². The maximum Gasteiger partial charge on any atom is 0.271 e. The van der Waals surface area contributed by atoms with Gasteiger partial charge in [0.2, 0.25) is 0 Å². The van der Waals surface area contributed by atoms with Gasteiger partial charge in [0.25, 0.3) is 5.91 Å². The van der Waals surface area contributed by atoms with E-state index < -0.39 is 11.6 Å². The third-order valence-electron chi connectivity index (χ3n) is 5.32. The van der Waals surface area contributed by atoms with E-state index >= 15 is 0 Å². The Kier molecular flexibility index (Phi) is 8.52. The molecule has 8 heteroatoms. The molecule has 0 atom stereocenters. The van der Waals surface area contributed by atoms with Crippen molar-refractivity contribution in [2.24, 2.45) is 10.7 Å². The van der Waals surface area contributed by atoms with Crippen molar-refractivity contribution in [2.75, 3.05) is 13.6 Å². The number of nitrogens with zero attached hydrogens (tertiary/aromatic N) is 3. The van der Waals surface area contributed by atoms with Crippen molar-refractivity contribution in [1.82, 2.24) is 9.47 Å². The van der Waals surface area contributed by atoms with Crippen LogP contribution in [0.1, 0.15) is 46.4 Å². The summed E-state index contributed by atoms with van der Waals surface area (Å²) in [6.45, 7) is 5.26. The van der Waals surface area contributed by atoms with Crippen LogP contribution in [0.25, 0.3) is 0 Å². The number of aryl methyl sites for hydroxylation is 2. The number of halogens is 2. The van der Waals surface area contributed by atoms with Crippen LogP contribution in [0.4, 0.5) is 14.5 Å². The molecule has 0 unspecified atom stereocenters. The highest BCUT2D eigenvalue weighted by Gasteiger charge is 2.20. The number of hydrogen-bond donors (Lipinski definition) is 1. The minimum atomic E-state index is -0.928. The molecule has 1 amide bonds. The summed E-state index contributed by atoms with van der Waals surface area (Å²) in [5.74, 6) is -2.12. The largest absolute Gasteiger partial charge is 0.336 e. The highest BCUT2D eigenvalue weighted by atomic mass is 32.1. The Balaban J connectivity index is 1.93. The van der Waals surface area contributed by atoms with Gasteiger partial charge in [-0.25, -0.2) is 13.8 Å². The summed E-state index contributed by atoms with van der Waals surface area (Å²) >= 11 is 1.39. The predicted molar refractivity (Wildman–Crippen MR) is 129 cm³/mol. The summed E-state index contributed by atoms with van der Waals surface area (Å²) in [5.41, 5.74) is 9.31. The number of rotatable bonds is 9. The lowest BCUT2D eigenvalue weighted by Crippen LogP contribution is -2.31. The third kappa shape index (κ3) is 6.36. The molecule has 0 aliphatic heterocycles. The molecule has 0 saturated carbocycles. The van der Waals surface area contributed by atoms with Crippen LogP contribution in [-0.2, 0) is 13.1 Å². The van der Waals surface area contributed by atoms with Crippen LogP contribution in [0.3, 0.4) is 0 Å². The molecule has 0 radical (unpaired) electrons. The molecule has 0 fully saturated rings. The lowest BCUT2D eigenvalue weighted by atomic mass is 10.1. The first-order valence-electron chi connectivity index (χ1n) is 11.0. The van der Waals surface area contributed by atoms with E-state index in [1.165, 1.54) is 28.4 Å². The minimum absolute atomic E-state index is 0.0327. The SMILES string of the molecule is Cc1cc(C)cc(N=c2scc(C(=O)N(C)Cc3cccc(F)c3F)n2CCCCCN)c1. The first kappa shape index (κ1) is 24.8. The number of unbranched alkanes of at least 4 members (excludes halogenated alkanes) is 2. The van der Waals surface area contributed by atoms with Crippen molar-refractivity contribution < 1.29 is 13.6 Å². The van der Waals surface area contributed by atoms with Crippen LogP contribution in [0, 0.1) is 25.5 Å². The Hall–Kier alpha value is -2.84. The molecule has 3 rings (SSSR count). The van der Waals surface area contributed by atoms with E-state index in [1.807, 2.05) is 30.5 Å². The number of amides is 1. The fourth-order valence-corrected chi connectivity index (χ4v) is 4.64. The Morgan fingerprint density at radius 1 is 1.12 bits per heavy atom. The van der Waals surface area contributed by atoms with Crippen molar-refractivity contribution in [1.29, 1.82) is 0 Å². The molecule has 1 aromatic heterocycles. The highest BCUT2D eigenvalue weighted by Crippen LogP contribution is 2.18. The molecule has 3 aromatic rings. The molecule has 2 N–H and O–H groups in total. The molecule has 1 heterocycles. The lowest BCUT2D eigenvalue weighted by molar-refractivity contribution is 0.0772. The minimum Gasteiger partial charge on any atom is -0.336 e. The second-order valence-corrected chi connectivity index (χ2v) is 9.07. The molecule has 2 aromatic carbocycles. The van der Waals surface area contributed by atoms with Gasteiger partial charge >= 0.3 is 0 Å². The Morgan fingerprint density at radius 2 is 1.85 bits per heavy atom. The molecule has 0 spiro atoms. The van der Waals surface area contributed by atoms with E-state index in [-0.39, 0.29) is 18.0 Å². The molecular formula is C25H30F2N4OS. The number of thiazole rings is 1. The zero-order chi connectivity index (χ0) is 24.0. The summed E-state index contributed by atoms with van der Waals surface area (Å²) in [6.07, 6.45) is 2.72. The average molecular weight is 473 g/mol. The van der Waals surface area contributed by atoms with Crippen molar-refractivity contribution in [3.63, 3.8) is 0 Å². The number of aromatic nitrogens is 1. The van der Waals surface area contributed by atoms with E-state index in [1.54, 1.807) is 12.4 Å². The zero-order valence-corrected chi connectivity index (χ0v) is 20.1. The van der Waals surface area contributed by atoms with E-state index in [4.69, 9.17) is 10.7 Å². The first-order valence-corrected chi connectivity index (χ1v) is 11.9. The van der Waals surface area contributed by atoms with Crippen LogP contribution in [-0.4, -0.2) is 29.0 Å². The van der Waals surface area contributed by atoms with Gasteiger partial charge in [-0.1, -0.05) is 24.6 Å². The number of benzene rings is 2. The number of nitrogens with two attached hydrogens (primary N) is 1. The standard InChI is InChI=1S/C25H30F2N4OS/c1-17-12-18(2)14-20(13-17)29-25-31(11-6-4-5-10-28)22(16-33-25)24(32)30(3)15-19-8-7-9-21(26)23(19)27/h7-9,12-14,16H,4-6,10-11,15,28H2,1-3H3. The molecule has 0 bridgehead atoms. The van der Waals surface area contributed by atoms with E-state index in [2.05, 4.69) is 6.07 Å². The van der Waals surface area contributed by atoms with Crippen molar-refractivity contribution >= 4 is 22.9 Å². The maximum absolute atomic E-state index is 14.1. The van der Waals surface area contributed by atoms with Gasteiger partial charge in [0.05, 0.1) is 5.69 Å². The van der Waals surface area contributed by atoms with Crippen LogP contribution >= 0.6 is 11.3 Å². The summed E-state index contributed by atoms with van der Waals surface area (Å²) < 4.78 is 29.6. The summed E-state index contributed by atoms with van der Waals surface area (Å²) in [6, 6.07) is 10.1.